The van der Waals surface area contributed by atoms with Crippen LogP contribution in [-0.4, -0.2) is 20.4 Å². The number of rotatable bonds is 5. The fourth-order valence-corrected chi connectivity index (χ4v) is 3.52. The molecule has 7 heteroatoms. The zero-order chi connectivity index (χ0) is 21.3. The molecule has 2 aromatic carbocycles. The van der Waals surface area contributed by atoms with Crippen LogP contribution in [0.5, 0.6) is 0 Å². The number of carbonyl (C=O) groups excluding carboxylic acids is 1. The Morgan fingerprint density at radius 1 is 1.10 bits per heavy atom. The van der Waals surface area contributed by atoms with E-state index in [-0.39, 0.29) is 29.9 Å². The predicted molar refractivity (Wildman–Crippen MR) is 113 cm³/mol. The second kappa shape index (κ2) is 7.76. The maximum absolute atomic E-state index is 14.2. The average Bonchev–Trinajstić information content (AvgIpc) is 3.13. The van der Waals surface area contributed by atoms with Gasteiger partial charge in [0.2, 0.25) is 5.95 Å². The highest BCUT2D eigenvalue weighted by molar-refractivity contribution is 5.85. The van der Waals surface area contributed by atoms with Crippen LogP contribution in [0.25, 0.3) is 21.7 Å². The summed E-state index contributed by atoms with van der Waals surface area (Å²) in [7, 11) is 0. The molecule has 0 fully saturated rings. The number of nitrogen functional groups attached to an aromatic ring is 1. The molecule has 0 saturated carbocycles. The molecule has 2 aromatic heterocycles. The highest BCUT2D eigenvalue weighted by Crippen LogP contribution is 2.28. The second-order valence-electron chi connectivity index (χ2n) is 7.06. The van der Waals surface area contributed by atoms with Crippen LogP contribution in [0.2, 0.25) is 0 Å². The molecule has 0 bridgehead atoms. The lowest BCUT2D eigenvalue weighted by Crippen LogP contribution is -2.08. The number of pyridine rings is 1. The summed E-state index contributed by atoms with van der Waals surface area (Å²) in [5.41, 5.74) is 10.2. The molecule has 0 aliphatic carbocycles. The molecule has 2 heterocycles. The number of aryl methyl sites for hydroxylation is 1. The largest absolute Gasteiger partial charge is 0.368 e. The van der Waals surface area contributed by atoms with Gasteiger partial charge in [0, 0.05) is 18.4 Å². The van der Waals surface area contributed by atoms with Gasteiger partial charge in [0.1, 0.15) is 11.6 Å². The number of hydrogen-bond acceptors (Lipinski definition) is 4. The molecule has 0 aliphatic heterocycles. The highest BCUT2D eigenvalue weighted by atomic mass is 19.1. The van der Waals surface area contributed by atoms with Gasteiger partial charge in [-0.3, -0.25) is 9.20 Å². The lowest BCUT2D eigenvalue weighted by atomic mass is 9.98. The van der Waals surface area contributed by atoms with Gasteiger partial charge in [-0.25, -0.2) is 9.24 Å². The van der Waals surface area contributed by atoms with Gasteiger partial charge in [-0.2, -0.15) is 0 Å². The minimum atomic E-state index is -0.519. The molecule has 0 amide bonds. The summed E-state index contributed by atoms with van der Waals surface area (Å²) in [6.45, 7) is 9.02. The van der Waals surface area contributed by atoms with E-state index in [2.05, 4.69) is 15.0 Å². The summed E-state index contributed by atoms with van der Waals surface area (Å²) in [5.74, 6) is -0.368. The number of fused-ring (bicyclic) bond motifs is 1. The summed E-state index contributed by atoms with van der Waals surface area (Å²) in [5, 5.41) is 7.92. The Bertz CT molecular complexity index is 1300. The third-order valence-corrected chi connectivity index (χ3v) is 5.02. The number of hydrogen-bond donors (Lipinski definition) is 1. The first-order chi connectivity index (χ1) is 14.5. The van der Waals surface area contributed by atoms with Crippen LogP contribution in [0.15, 0.2) is 54.6 Å². The van der Waals surface area contributed by atoms with Gasteiger partial charge < -0.3 is 5.73 Å². The summed E-state index contributed by atoms with van der Waals surface area (Å²) >= 11 is 0. The normalized spacial score (nSPS) is 10.8. The van der Waals surface area contributed by atoms with Crippen molar-refractivity contribution in [3.63, 3.8) is 0 Å². The number of nitrogens with two attached hydrogens (primary N) is 1. The van der Waals surface area contributed by atoms with Crippen molar-refractivity contribution >= 4 is 23.1 Å². The second-order valence-corrected chi connectivity index (χ2v) is 7.06. The minimum absolute atomic E-state index is 0.108. The maximum Gasteiger partial charge on any atom is 0.226 e. The molecule has 0 unspecified atom stereocenters. The third-order valence-electron chi connectivity index (χ3n) is 5.02. The van der Waals surface area contributed by atoms with Crippen molar-refractivity contribution in [3.05, 3.63) is 88.5 Å². The van der Waals surface area contributed by atoms with Crippen molar-refractivity contribution in [2.24, 2.45) is 0 Å². The van der Waals surface area contributed by atoms with Crippen LogP contribution in [0, 0.1) is 19.3 Å². The Morgan fingerprint density at radius 3 is 2.60 bits per heavy atom. The smallest absolute Gasteiger partial charge is 0.226 e. The van der Waals surface area contributed by atoms with Crippen molar-refractivity contribution in [1.29, 1.82) is 0 Å². The quantitative estimate of drug-likeness (QED) is 0.507. The molecule has 6 nitrogen and oxygen atoms in total. The van der Waals surface area contributed by atoms with Crippen LogP contribution < -0.4 is 5.73 Å². The van der Waals surface area contributed by atoms with Gasteiger partial charge in [0.05, 0.1) is 12.3 Å². The predicted octanol–water partition coefficient (Wildman–Crippen LogP) is 4.33. The lowest BCUT2D eigenvalue weighted by Gasteiger charge is -2.09. The van der Waals surface area contributed by atoms with Crippen LogP contribution in [0.4, 0.5) is 16.0 Å². The van der Waals surface area contributed by atoms with Crippen LogP contribution in [0.1, 0.15) is 16.7 Å². The maximum atomic E-state index is 14.2. The van der Waals surface area contributed by atoms with E-state index in [0.717, 1.165) is 16.8 Å². The molecular weight excluding hydrogens is 381 g/mol. The zero-order valence-electron chi connectivity index (χ0n) is 16.3. The number of Topliss-reactive ketones (excluding diaryl/α,β-unsaturated/α-hetero) is 1. The van der Waals surface area contributed by atoms with Gasteiger partial charge in [0.15, 0.2) is 11.3 Å². The number of aromatic nitrogens is 3. The van der Waals surface area contributed by atoms with Crippen molar-refractivity contribution in [1.82, 2.24) is 14.6 Å². The third kappa shape index (κ3) is 3.51. The van der Waals surface area contributed by atoms with Gasteiger partial charge in [-0.15, -0.1) is 10.2 Å². The van der Waals surface area contributed by atoms with Gasteiger partial charge >= 0.3 is 0 Å². The first-order valence-electron chi connectivity index (χ1n) is 9.34. The van der Waals surface area contributed by atoms with E-state index in [1.807, 2.05) is 42.5 Å². The van der Waals surface area contributed by atoms with Gasteiger partial charge in [0.25, 0.3) is 0 Å². The van der Waals surface area contributed by atoms with E-state index in [1.54, 1.807) is 17.4 Å². The molecule has 0 radical (unpaired) electrons. The van der Waals surface area contributed by atoms with Gasteiger partial charge in [-0.05, 0) is 41.8 Å². The van der Waals surface area contributed by atoms with Crippen molar-refractivity contribution in [2.75, 3.05) is 5.73 Å². The van der Waals surface area contributed by atoms with Crippen LogP contribution in [0.3, 0.4) is 0 Å². The monoisotopic (exact) mass is 399 g/mol. The number of anilines is 1. The molecule has 2 N–H and O–H groups in total. The Morgan fingerprint density at radius 2 is 1.87 bits per heavy atom. The fourth-order valence-electron chi connectivity index (χ4n) is 3.52. The van der Waals surface area contributed by atoms with E-state index >= 15 is 0 Å². The molecule has 0 aliphatic rings. The minimum Gasteiger partial charge on any atom is -0.368 e. The Kier molecular flexibility index (Phi) is 4.98. The zero-order valence-corrected chi connectivity index (χ0v) is 16.3. The number of carbonyl (C=O) groups is 1. The van der Waals surface area contributed by atoms with E-state index < -0.39 is 5.82 Å². The molecule has 0 spiro atoms. The molecule has 0 atom stereocenters. The summed E-state index contributed by atoms with van der Waals surface area (Å²) in [6, 6.07) is 16.0. The lowest BCUT2D eigenvalue weighted by molar-refractivity contribution is -0.117. The number of nitrogens with zero attached hydrogens (tertiary/aromatic N) is 4. The van der Waals surface area contributed by atoms with E-state index in [1.165, 1.54) is 6.07 Å². The fraction of sp³-hybridized carbons (Fsp3) is 0.130. The molecule has 0 saturated heterocycles. The van der Waals surface area contributed by atoms with E-state index in [4.69, 9.17) is 12.3 Å². The molecule has 4 aromatic rings. The topological polar surface area (TPSA) is 77.6 Å². The van der Waals surface area contributed by atoms with Crippen LogP contribution in [-0.2, 0) is 17.6 Å². The van der Waals surface area contributed by atoms with Crippen molar-refractivity contribution < 1.29 is 9.18 Å². The summed E-state index contributed by atoms with van der Waals surface area (Å²) < 4.78 is 15.9. The Hall–Kier alpha value is -4.05. The molecule has 30 heavy (non-hydrogen) atoms. The first kappa shape index (κ1) is 19.3. The summed E-state index contributed by atoms with van der Waals surface area (Å²) in [4.78, 5) is 15.9. The van der Waals surface area contributed by atoms with Crippen molar-refractivity contribution in [3.8, 4) is 11.3 Å². The standard InChI is InChI=1S/C23H18FN5O/c1-14-6-11-19(24)18(22(14)26-2)13-17(30)12-15-7-9-16(10-8-15)20-4-3-5-21-27-28-23(25)29(20)21/h3-11H,12-13H2,1H3,(H2,25,28). The summed E-state index contributed by atoms with van der Waals surface area (Å²) in [6.07, 6.45) is 0.0492. The van der Waals surface area contributed by atoms with E-state index in [9.17, 15) is 9.18 Å². The number of ketones is 1. The van der Waals surface area contributed by atoms with Crippen molar-refractivity contribution in [2.45, 2.75) is 19.8 Å². The highest BCUT2D eigenvalue weighted by Gasteiger charge is 2.16. The average molecular weight is 399 g/mol. The Balaban J connectivity index is 1.55. The Labute approximate surface area is 172 Å². The number of benzene rings is 2. The van der Waals surface area contributed by atoms with Crippen LogP contribution >= 0.6 is 0 Å². The van der Waals surface area contributed by atoms with E-state index in [0.29, 0.717) is 17.2 Å². The molecular formula is C23H18FN5O. The molecule has 148 valence electrons. The first-order valence-corrected chi connectivity index (χ1v) is 9.34. The SMILES string of the molecule is [C-]#[N+]c1c(C)ccc(F)c1CC(=O)Cc1ccc(-c2cccc3nnc(N)n23)cc1. The van der Waals surface area contributed by atoms with Gasteiger partial charge in [-0.1, -0.05) is 36.4 Å². The number of halogens is 1. The molecule has 4 rings (SSSR count).